The largest absolute Gasteiger partial charge is 0.464 e. The molecule has 0 aliphatic carbocycles. The fourth-order valence-electron chi connectivity index (χ4n) is 1.31. The molecule has 0 aliphatic heterocycles. The van der Waals surface area contributed by atoms with Crippen LogP contribution in [-0.4, -0.2) is 18.7 Å². The van der Waals surface area contributed by atoms with Crippen molar-refractivity contribution in [3.63, 3.8) is 0 Å². The Morgan fingerprint density at radius 2 is 1.89 bits per heavy atom. The summed E-state index contributed by atoms with van der Waals surface area (Å²) in [5.41, 5.74) is 6.21. The van der Waals surface area contributed by atoms with Gasteiger partial charge in [-0.3, -0.25) is 0 Å². The van der Waals surface area contributed by atoms with Crippen LogP contribution in [0.1, 0.15) is 18.5 Å². The van der Waals surface area contributed by atoms with Crippen molar-refractivity contribution in [2.45, 2.75) is 19.1 Å². The van der Waals surface area contributed by atoms with Crippen LogP contribution in [0.4, 0.5) is 4.39 Å². The van der Waals surface area contributed by atoms with E-state index in [-0.39, 0.29) is 19.0 Å². The van der Waals surface area contributed by atoms with Gasteiger partial charge in [0.25, 0.3) is 0 Å². The lowest BCUT2D eigenvalue weighted by Crippen LogP contribution is -2.31. The Hall–Kier alpha value is -0.170. The van der Waals surface area contributed by atoms with E-state index in [2.05, 4.69) is 36.6 Å². The van der Waals surface area contributed by atoms with E-state index >= 15 is 0 Å². The Morgan fingerprint density at radius 1 is 1.39 bits per heavy atom. The van der Waals surface area contributed by atoms with Crippen molar-refractivity contribution >= 4 is 50.2 Å². The van der Waals surface area contributed by atoms with E-state index in [1.54, 1.807) is 25.1 Å². The fourth-order valence-corrected chi connectivity index (χ4v) is 2.63. The summed E-state index contributed by atoms with van der Waals surface area (Å²) in [6, 6.07) is 4.10. The highest BCUT2D eigenvalue weighted by Gasteiger charge is 2.28. The molecule has 18 heavy (non-hydrogen) atoms. The summed E-state index contributed by atoms with van der Waals surface area (Å²) in [6.07, 6.45) is -1.86. The number of hydrogen-bond acceptors (Lipinski definition) is 3. The van der Waals surface area contributed by atoms with Crippen LogP contribution in [0.15, 0.2) is 27.1 Å². The number of alkyl halides is 1. The van der Waals surface area contributed by atoms with Crippen molar-refractivity contribution in [3.8, 4) is 0 Å². The number of hydrogen-bond donors (Lipinski definition) is 1. The molecule has 1 aromatic carbocycles. The minimum absolute atomic E-state index is 0. The summed E-state index contributed by atoms with van der Waals surface area (Å²) in [5.74, 6) is -0.934. The number of carbonyl (C=O) groups excluding carboxylic acids is 1. The molecular weight excluding hydrogens is 392 g/mol. The number of benzene rings is 1. The molecule has 0 bridgehead atoms. The van der Waals surface area contributed by atoms with Gasteiger partial charge in [-0.25, -0.2) is 9.18 Å². The number of rotatable bonds is 4. The zero-order chi connectivity index (χ0) is 13.0. The van der Waals surface area contributed by atoms with Gasteiger partial charge in [-0.05, 0) is 30.7 Å². The second-order valence-corrected chi connectivity index (χ2v) is 5.21. The van der Waals surface area contributed by atoms with Gasteiger partial charge >= 0.3 is 5.97 Å². The lowest BCUT2D eigenvalue weighted by Gasteiger charge is -2.16. The topological polar surface area (TPSA) is 52.3 Å². The van der Waals surface area contributed by atoms with Crippen molar-refractivity contribution in [2.75, 3.05) is 6.61 Å². The molecule has 2 atom stereocenters. The lowest BCUT2D eigenvalue weighted by atomic mass is 10.0. The average molecular weight is 405 g/mol. The van der Waals surface area contributed by atoms with Crippen molar-refractivity contribution in [1.29, 1.82) is 0 Å². The van der Waals surface area contributed by atoms with E-state index in [1.165, 1.54) is 0 Å². The van der Waals surface area contributed by atoms with Gasteiger partial charge in [0.1, 0.15) is 0 Å². The number of esters is 1. The monoisotopic (exact) mass is 403 g/mol. The Kier molecular flexibility index (Phi) is 8.02. The molecule has 0 heterocycles. The van der Waals surface area contributed by atoms with Crippen LogP contribution in [0.3, 0.4) is 0 Å². The van der Waals surface area contributed by atoms with Crippen LogP contribution in [0.5, 0.6) is 0 Å². The molecule has 3 nitrogen and oxygen atoms in total. The molecule has 1 rings (SSSR count). The predicted molar refractivity (Wildman–Crippen MR) is 77.5 cm³/mol. The Morgan fingerprint density at radius 3 is 2.33 bits per heavy atom. The lowest BCUT2D eigenvalue weighted by molar-refractivity contribution is -0.149. The first-order valence-electron chi connectivity index (χ1n) is 4.98. The summed E-state index contributed by atoms with van der Waals surface area (Å²) < 4.78 is 19.8. The van der Waals surface area contributed by atoms with Crippen molar-refractivity contribution in [2.24, 2.45) is 5.73 Å². The van der Waals surface area contributed by atoms with Crippen molar-refractivity contribution < 1.29 is 13.9 Å². The van der Waals surface area contributed by atoms with Gasteiger partial charge < -0.3 is 10.5 Å². The molecule has 1 unspecified atom stereocenters. The molecule has 2 N–H and O–H groups in total. The standard InChI is InChI=1S/C11H12Br2FNO2.ClH/c1-2-17-11(16)9(14)10(15)6-3-7(12)5-8(13)4-6;/h3-5,9-10H,2,15H2,1H3;1H/t9?,10-;/m1./s1. The molecule has 0 amide bonds. The third kappa shape index (κ3) is 4.84. The van der Waals surface area contributed by atoms with Crippen LogP contribution in [0, 0.1) is 0 Å². The first kappa shape index (κ1) is 17.8. The number of halogens is 4. The zero-order valence-electron chi connectivity index (χ0n) is 9.53. The molecule has 7 heteroatoms. The van der Waals surface area contributed by atoms with Crippen molar-refractivity contribution in [3.05, 3.63) is 32.7 Å². The first-order valence-corrected chi connectivity index (χ1v) is 6.56. The molecule has 0 saturated carbocycles. The maximum Gasteiger partial charge on any atom is 0.342 e. The molecule has 0 fully saturated rings. The summed E-state index contributed by atoms with van der Waals surface area (Å²) >= 11 is 6.55. The summed E-state index contributed by atoms with van der Waals surface area (Å²) in [5, 5.41) is 0. The molecule has 102 valence electrons. The van der Waals surface area contributed by atoms with E-state index in [4.69, 9.17) is 5.73 Å². The highest BCUT2D eigenvalue weighted by Crippen LogP contribution is 2.26. The van der Waals surface area contributed by atoms with Gasteiger partial charge in [0.2, 0.25) is 6.17 Å². The maximum absolute atomic E-state index is 13.7. The zero-order valence-corrected chi connectivity index (χ0v) is 13.5. The van der Waals surface area contributed by atoms with Gasteiger partial charge in [-0.1, -0.05) is 31.9 Å². The third-order valence-corrected chi connectivity index (χ3v) is 3.01. The van der Waals surface area contributed by atoms with Crippen LogP contribution in [0.25, 0.3) is 0 Å². The number of carbonyl (C=O) groups is 1. The molecule has 0 aliphatic rings. The van der Waals surface area contributed by atoms with Crippen LogP contribution in [-0.2, 0) is 9.53 Å². The summed E-state index contributed by atoms with van der Waals surface area (Å²) in [4.78, 5) is 11.2. The Balaban J connectivity index is 0.00000289. The van der Waals surface area contributed by atoms with Crippen molar-refractivity contribution in [1.82, 2.24) is 0 Å². The average Bonchev–Trinajstić information content (AvgIpc) is 2.26. The molecule has 0 saturated heterocycles. The Labute approximate surface area is 128 Å². The predicted octanol–water partition coefficient (Wildman–Crippen LogP) is 3.53. The molecular formula is C11H13Br2ClFNO2. The van der Waals surface area contributed by atoms with E-state index in [0.29, 0.717) is 5.56 Å². The van der Waals surface area contributed by atoms with E-state index in [1.807, 2.05) is 0 Å². The van der Waals surface area contributed by atoms with Gasteiger partial charge in [0.05, 0.1) is 12.6 Å². The van der Waals surface area contributed by atoms with Gasteiger partial charge in [-0.15, -0.1) is 12.4 Å². The minimum Gasteiger partial charge on any atom is -0.464 e. The second kappa shape index (κ2) is 8.09. The Bertz CT molecular complexity index is 400. The quantitative estimate of drug-likeness (QED) is 0.780. The second-order valence-electron chi connectivity index (χ2n) is 3.38. The van der Waals surface area contributed by atoms with E-state index in [9.17, 15) is 9.18 Å². The summed E-state index contributed by atoms with van der Waals surface area (Å²) in [6.45, 7) is 1.75. The van der Waals surface area contributed by atoms with Gasteiger partial charge in [0, 0.05) is 8.95 Å². The first-order chi connectivity index (χ1) is 7.95. The molecule has 0 spiro atoms. The third-order valence-electron chi connectivity index (χ3n) is 2.10. The van der Waals surface area contributed by atoms with Gasteiger partial charge in [-0.2, -0.15) is 0 Å². The van der Waals surface area contributed by atoms with Gasteiger partial charge in [0.15, 0.2) is 0 Å². The maximum atomic E-state index is 13.7. The molecule has 1 aromatic rings. The fraction of sp³-hybridized carbons (Fsp3) is 0.364. The van der Waals surface area contributed by atoms with E-state index in [0.717, 1.165) is 8.95 Å². The van der Waals surface area contributed by atoms with Crippen LogP contribution in [0.2, 0.25) is 0 Å². The molecule has 0 radical (unpaired) electrons. The summed E-state index contributed by atoms with van der Waals surface area (Å²) in [7, 11) is 0. The normalized spacial score (nSPS) is 13.4. The number of nitrogens with two attached hydrogens (primary N) is 1. The van der Waals surface area contributed by atoms with Crippen LogP contribution >= 0.6 is 44.3 Å². The SMILES string of the molecule is CCOC(=O)C(F)[C@H](N)c1cc(Br)cc(Br)c1.Cl. The number of ether oxygens (including phenoxy) is 1. The highest BCUT2D eigenvalue weighted by molar-refractivity contribution is 9.11. The van der Waals surface area contributed by atoms with E-state index < -0.39 is 18.2 Å². The smallest absolute Gasteiger partial charge is 0.342 e. The van der Waals surface area contributed by atoms with Crippen LogP contribution < -0.4 is 5.73 Å². The highest BCUT2D eigenvalue weighted by atomic mass is 79.9. The molecule has 0 aromatic heterocycles. The minimum atomic E-state index is -1.86.